The summed E-state index contributed by atoms with van der Waals surface area (Å²) in [6.45, 7) is 1.21. The zero-order chi connectivity index (χ0) is 19.8. The molecule has 1 aliphatic heterocycles. The van der Waals surface area contributed by atoms with E-state index in [0.717, 1.165) is 46.0 Å². The van der Waals surface area contributed by atoms with E-state index in [1.54, 1.807) is 7.11 Å². The van der Waals surface area contributed by atoms with Gasteiger partial charge in [-0.2, -0.15) is 0 Å². The highest BCUT2D eigenvalue weighted by atomic mass is 127. The number of imidazole rings is 1. The summed E-state index contributed by atoms with van der Waals surface area (Å²) >= 11 is 2.31. The Kier molecular flexibility index (Phi) is 4.79. The Balaban J connectivity index is 1.35. The van der Waals surface area contributed by atoms with E-state index in [4.69, 9.17) is 14.2 Å². The molecule has 0 radical (unpaired) electrons. The number of halogens is 1. The standard InChI is InChI=1S/C23H19IN2O3/c1-27-18-6-3-16(4-7-18)23-13-28-22-10-15(2-9-21(22)29-23)12-26-14-25-19-11-17(24)5-8-20(19)26/h2-11,14,23H,12-13H2,1H3. The molecule has 5 rings (SSSR count). The lowest BCUT2D eigenvalue weighted by atomic mass is 10.1. The largest absolute Gasteiger partial charge is 0.497 e. The van der Waals surface area contributed by atoms with E-state index in [2.05, 4.69) is 62.5 Å². The highest BCUT2D eigenvalue weighted by molar-refractivity contribution is 14.1. The molecular weight excluding hydrogens is 479 g/mol. The van der Waals surface area contributed by atoms with E-state index in [0.29, 0.717) is 6.61 Å². The summed E-state index contributed by atoms with van der Waals surface area (Å²) in [5, 5.41) is 0. The highest BCUT2D eigenvalue weighted by Gasteiger charge is 2.23. The van der Waals surface area contributed by atoms with Crippen LogP contribution in [0.4, 0.5) is 0 Å². The van der Waals surface area contributed by atoms with Crippen molar-refractivity contribution in [1.29, 1.82) is 0 Å². The first kappa shape index (κ1) is 18.3. The first-order chi connectivity index (χ1) is 14.2. The molecule has 0 bridgehead atoms. The quantitative estimate of drug-likeness (QED) is 0.363. The number of ether oxygens (including phenoxy) is 3. The Labute approximate surface area is 182 Å². The SMILES string of the molecule is COc1ccc(C2COc3cc(Cn4cnc5cc(I)ccc54)ccc3O2)cc1. The average molecular weight is 498 g/mol. The van der Waals surface area contributed by atoms with E-state index in [9.17, 15) is 0 Å². The van der Waals surface area contributed by atoms with Gasteiger partial charge in [-0.05, 0) is 76.2 Å². The van der Waals surface area contributed by atoms with Crippen molar-refractivity contribution >= 4 is 33.6 Å². The molecule has 29 heavy (non-hydrogen) atoms. The zero-order valence-corrected chi connectivity index (χ0v) is 18.0. The lowest BCUT2D eigenvalue weighted by Gasteiger charge is -2.27. The Bertz CT molecular complexity index is 1170. The normalized spacial score (nSPS) is 15.4. The van der Waals surface area contributed by atoms with Crippen LogP contribution in [-0.4, -0.2) is 23.3 Å². The molecule has 1 atom stereocenters. The van der Waals surface area contributed by atoms with Crippen molar-refractivity contribution < 1.29 is 14.2 Å². The fourth-order valence-corrected chi connectivity index (χ4v) is 4.03. The number of hydrogen-bond acceptors (Lipinski definition) is 4. The number of nitrogens with zero attached hydrogens (tertiary/aromatic N) is 2. The Morgan fingerprint density at radius 3 is 2.76 bits per heavy atom. The van der Waals surface area contributed by atoms with E-state index < -0.39 is 0 Å². The van der Waals surface area contributed by atoms with Gasteiger partial charge in [-0.25, -0.2) is 4.98 Å². The number of benzene rings is 3. The number of aromatic nitrogens is 2. The monoisotopic (exact) mass is 498 g/mol. The second kappa shape index (κ2) is 7.59. The molecule has 0 amide bonds. The maximum Gasteiger partial charge on any atom is 0.162 e. The molecule has 1 aromatic heterocycles. The molecule has 1 unspecified atom stereocenters. The molecule has 3 aromatic carbocycles. The van der Waals surface area contributed by atoms with Gasteiger partial charge in [-0.1, -0.05) is 18.2 Å². The third kappa shape index (κ3) is 3.64. The lowest BCUT2D eigenvalue weighted by Crippen LogP contribution is -2.21. The van der Waals surface area contributed by atoms with Crippen LogP contribution in [0.3, 0.4) is 0 Å². The third-order valence-electron chi connectivity index (χ3n) is 5.09. The Hall–Kier alpha value is -2.74. The molecular formula is C23H19IN2O3. The van der Waals surface area contributed by atoms with Crippen molar-refractivity contribution in [2.45, 2.75) is 12.6 Å². The van der Waals surface area contributed by atoms with Crippen LogP contribution < -0.4 is 14.2 Å². The van der Waals surface area contributed by atoms with Gasteiger partial charge in [0.15, 0.2) is 17.6 Å². The Morgan fingerprint density at radius 2 is 1.93 bits per heavy atom. The van der Waals surface area contributed by atoms with Crippen molar-refractivity contribution in [2.75, 3.05) is 13.7 Å². The molecule has 0 N–H and O–H groups in total. The molecule has 146 valence electrons. The second-order valence-electron chi connectivity index (χ2n) is 6.98. The minimum Gasteiger partial charge on any atom is -0.497 e. The van der Waals surface area contributed by atoms with Crippen LogP contribution >= 0.6 is 22.6 Å². The van der Waals surface area contributed by atoms with E-state index in [-0.39, 0.29) is 6.10 Å². The second-order valence-corrected chi connectivity index (χ2v) is 8.22. The molecule has 0 aliphatic carbocycles. The van der Waals surface area contributed by atoms with Crippen molar-refractivity contribution in [3.05, 3.63) is 81.7 Å². The summed E-state index contributed by atoms with van der Waals surface area (Å²) in [5.74, 6) is 2.38. The van der Waals surface area contributed by atoms with Gasteiger partial charge in [-0.3, -0.25) is 0 Å². The molecule has 0 fully saturated rings. The van der Waals surface area contributed by atoms with Crippen LogP contribution in [0.1, 0.15) is 17.2 Å². The molecule has 6 heteroatoms. The third-order valence-corrected chi connectivity index (χ3v) is 5.76. The molecule has 1 aliphatic rings. The van der Waals surface area contributed by atoms with Crippen LogP contribution in [0.2, 0.25) is 0 Å². The van der Waals surface area contributed by atoms with Gasteiger partial charge in [-0.15, -0.1) is 0 Å². The number of hydrogen-bond donors (Lipinski definition) is 0. The predicted octanol–water partition coefficient (Wildman–Crippen LogP) is 5.21. The zero-order valence-electron chi connectivity index (χ0n) is 15.8. The maximum absolute atomic E-state index is 6.18. The minimum atomic E-state index is -0.126. The minimum absolute atomic E-state index is 0.126. The van der Waals surface area contributed by atoms with Crippen molar-refractivity contribution in [3.63, 3.8) is 0 Å². The average Bonchev–Trinajstić information content (AvgIpc) is 3.15. The van der Waals surface area contributed by atoms with Gasteiger partial charge in [0.2, 0.25) is 0 Å². The van der Waals surface area contributed by atoms with E-state index >= 15 is 0 Å². The molecule has 4 aromatic rings. The topological polar surface area (TPSA) is 45.5 Å². The lowest BCUT2D eigenvalue weighted by molar-refractivity contribution is 0.0911. The van der Waals surface area contributed by atoms with Crippen molar-refractivity contribution in [2.24, 2.45) is 0 Å². The van der Waals surface area contributed by atoms with Gasteiger partial charge in [0.25, 0.3) is 0 Å². The fourth-order valence-electron chi connectivity index (χ4n) is 3.56. The van der Waals surface area contributed by atoms with Gasteiger partial charge in [0.1, 0.15) is 12.4 Å². The smallest absolute Gasteiger partial charge is 0.162 e. The summed E-state index contributed by atoms with van der Waals surface area (Å²) in [7, 11) is 1.66. The summed E-state index contributed by atoms with van der Waals surface area (Å²) in [6.07, 6.45) is 1.76. The molecule has 0 saturated carbocycles. The summed E-state index contributed by atoms with van der Waals surface area (Å²) < 4.78 is 20.8. The van der Waals surface area contributed by atoms with E-state index in [1.807, 2.05) is 36.7 Å². The number of fused-ring (bicyclic) bond motifs is 2. The summed E-state index contributed by atoms with van der Waals surface area (Å²) in [5.41, 5.74) is 4.35. The molecule has 0 saturated heterocycles. The van der Waals surface area contributed by atoms with Crippen molar-refractivity contribution in [3.8, 4) is 17.2 Å². The van der Waals surface area contributed by atoms with Crippen molar-refractivity contribution in [1.82, 2.24) is 9.55 Å². The van der Waals surface area contributed by atoms with Crippen LogP contribution in [0.15, 0.2) is 67.0 Å². The van der Waals surface area contributed by atoms with Gasteiger partial charge < -0.3 is 18.8 Å². The van der Waals surface area contributed by atoms with Gasteiger partial charge in [0, 0.05) is 10.1 Å². The summed E-state index contributed by atoms with van der Waals surface area (Å²) in [4.78, 5) is 4.51. The van der Waals surface area contributed by atoms with E-state index in [1.165, 1.54) is 3.57 Å². The highest BCUT2D eigenvalue weighted by Crippen LogP contribution is 2.37. The number of rotatable bonds is 4. The van der Waals surface area contributed by atoms with Crippen LogP contribution in [0.25, 0.3) is 11.0 Å². The molecule has 2 heterocycles. The molecule has 0 spiro atoms. The first-order valence-electron chi connectivity index (χ1n) is 9.36. The summed E-state index contributed by atoms with van der Waals surface area (Å²) in [6, 6.07) is 20.3. The van der Waals surface area contributed by atoms with Crippen LogP contribution in [0.5, 0.6) is 17.2 Å². The Morgan fingerprint density at radius 1 is 1.07 bits per heavy atom. The maximum atomic E-state index is 6.18. The number of methoxy groups -OCH3 is 1. The predicted molar refractivity (Wildman–Crippen MR) is 120 cm³/mol. The fraction of sp³-hybridized carbons (Fsp3) is 0.174. The van der Waals surface area contributed by atoms with Gasteiger partial charge in [0.05, 0.1) is 24.5 Å². The van der Waals surface area contributed by atoms with Crippen LogP contribution in [0, 0.1) is 3.57 Å². The molecule has 5 nitrogen and oxygen atoms in total. The van der Waals surface area contributed by atoms with Crippen LogP contribution in [-0.2, 0) is 6.54 Å². The van der Waals surface area contributed by atoms with Gasteiger partial charge >= 0.3 is 0 Å². The first-order valence-corrected chi connectivity index (χ1v) is 10.4.